The molecular weight excluding hydrogens is 354 g/mol. The van der Waals surface area contributed by atoms with E-state index < -0.39 is 0 Å². The van der Waals surface area contributed by atoms with Gasteiger partial charge in [-0.25, -0.2) is 0 Å². The van der Waals surface area contributed by atoms with E-state index in [1.165, 1.54) is 49.0 Å². The number of carbonyl (C=O) groups is 1. The first-order chi connectivity index (χ1) is 12.1. The van der Waals surface area contributed by atoms with E-state index in [2.05, 4.69) is 11.4 Å². The molecule has 2 heterocycles. The van der Waals surface area contributed by atoms with Gasteiger partial charge in [0, 0.05) is 30.3 Å². The van der Waals surface area contributed by atoms with Gasteiger partial charge in [-0.3, -0.25) is 9.48 Å². The first-order valence-electron chi connectivity index (χ1n) is 9.20. The number of thiophene rings is 1. The highest BCUT2D eigenvalue weighted by Crippen LogP contribution is 2.42. The number of aromatic nitrogens is 2. The quantitative estimate of drug-likeness (QED) is 0.759. The molecule has 25 heavy (non-hydrogen) atoms. The number of hydrogen-bond acceptors (Lipinski definition) is 3. The fourth-order valence-corrected chi connectivity index (χ4v) is 4.85. The van der Waals surface area contributed by atoms with Crippen LogP contribution in [-0.4, -0.2) is 15.7 Å². The Kier molecular flexibility index (Phi) is 4.87. The van der Waals surface area contributed by atoms with Crippen molar-refractivity contribution >= 4 is 34.7 Å². The second-order valence-electron chi connectivity index (χ2n) is 7.39. The topological polar surface area (TPSA) is 46.9 Å². The molecule has 2 fully saturated rings. The Balaban J connectivity index is 1.57. The molecule has 0 aliphatic heterocycles. The van der Waals surface area contributed by atoms with Gasteiger partial charge in [0.15, 0.2) is 0 Å². The number of anilines is 1. The van der Waals surface area contributed by atoms with Gasteiger partial charge in [0.2, 0.25) is 5.91 Å². The van der Waals surface area contributed by atoms with E-state index in [9.17, 15) is 4.79 Å². The molecule has 2 aliphatic rings. The summed E-state index contributed by atoms with van der Waals surface area (Å²) in [6.07, 6.45) is 8.73. The van der Waals surface area contributed by atoms with Gasteiger partial charge in [0.05, 0.1) is 10.0 Å². The Hall–Kier alpha value is -1.33. The van der Waals surface area contributed by atoms with Crippen LogP contribution in [0.25, 0.3) is 0 Å². The summed E-state index contributed by atoms with van der Waals surface area (Å²) >= 11 is 7.68. The van der Waals surface area contributed by atoms with Gasteiger partial charge in [-0.15, -0.1) is 11.3 Å². The summed E-state index contributed by atoms with van der Waals surface area (Å²) in [7, 11) is 1.94. The van der Waals surface area contributed by atoms with Crippen LogP contribution in [0.3, 0.4) is 0 Å². The van der Waals surface area contributed by atoms with E-state index in [4.69, 9.17) is 16.7 Å². The molecule has 0 bridgehead atoms. The van der Waals surface area contributed by atoms with Crippen LogP contribution in [0.1, 0.15) is 67.0 Å². The SMILES string of the molecule is Cn1nc(Cc2ccc(Cl)s2)c(C2CCC2)c1NC(=O)CC1CCC1. The summed E-state index contributed by atoms with van der Waals surface area (Å²) in [5.41, 5.74) is 2.34. The second-order valence-corrected chi connectivity index (χ2v) is 9.19. The van der Waals surface area contributed by atoms with E-state index in [1.54, 1.807) is 11.3 Å². The standard InChI is InChI=1S/C19H24ClN3OS/c1-23-19(21-17(24)10-12-4-2-5-12)18(13-6-3-7-13)15(22-23)11-14-8-9-16(20)25-14/h8-9,12-13H,2-7,10-11H2,1H3,(H,21,24). The second kappa shape index (κ2) is 7.12. The molecule has 0 unspecified atom stereocenters. The number of nitrogens with one attached hydrogen (secondary N) is 1. The number of nitrogens with zero attached hydrogens (tertiary/aromatic N) is 2. The van der Waals surface area contributed by atoms with E-state index in [1.807, 2.05) is 17.8 Å². The van der Waals surface area contributed by atoms with Gasteiger partial charge in [0.25, 0.3) is 0 Å². The van der Waals surface area contributed by atoms with E-state index in [0.29, 0.717) is 18.3 Å². The molecular formula is C19H24ClN3OS. The summed E-state index contributed by atoms with van der Waals surface area (Å²) < 4.78 is 2.67. The van der Waals surface area contributed by atoms with Crippen LogP contribution in [0.2, 0.25) is 4.34 Å². The average Bonchev–Trinajstić information content (AvgIpc) is 3.00. The van der Waals surface area contributed by atoms with Crippen molar-refractivity contribution in [1.82, 2.24) is 9.78 Å². The third kappa shape index (κ3) is 3.63. The number of amides is 1. The summed E-state index contributed by atoms with van der Waals surface area (Å²) in [5, 5.41) is 7.93. The van der Waals surface area contributed by atoms with Gasteiger partial charge in [-0.2, -0.15) is 5.10 Å². The summed E-state index contributed by atoms with van der Waals surface area (Å²) in [6, 6.07) is 4.01. The minimum atomic E-state index is 0.138. The van der Waals surface area contributed by atoms with Crippen LogP contribution in [-0.2, 0) is 18.3 Å². The van der Waals surface area contributed by atoms with Crippen LogP contribution in [0.4, 0.5) is 5.82 Å². The number of rotatable bonds is 6. The molecule has 6 heteroatoms. The van der Waals surface area contributed by atoms with E-state index >= 15 is 0 Å². The monoisotopic (exact) mass is 377 g/mol. The lowest BCUT2D eigenvalue weighted by molar-refractivity contribution is -0.117. The van der Waals surface area contributed by atoms with Crippen LogP contribution < -0.4 is 5.32 Å². The maximum absolute atomic E-state index is 12.5. The lowest BCUT2D eigenvalue weighted by atomic mass is 9.79. The number of carbonyl (C=O) groups excluding carboxylic acids is 1. The first-order valence-corrected chi connectivity index (χ1v) is 10.4. The zero-order valence-corrected chi connectivity index (χ0v) is 16.1. The van der Waals surface area contributed by atoms with Crippen molar-refractivity contribution in [3.63, 3.8) is 0 Å². The average molecular weight is 378 g/mol. The molecule has 0 aromatic carbocycles. The normalized spacial score (nSPS) is 18.0. The fraction of sp³-hybridized carbons (Fsp3) is 0.579. The summed E-state index contributed by atoms with van der Waals surface area (Å²) in [6.45, 7) is 0. The van der Waals surface area contributed by atoms with E-state index in [-0.39, 0.29) is 5.91 Å². The van der Waals surface area contributed by atoms with Crippen LogP contribution >= 0.6 is 22.9 Å². The van der Waals surface area contributed by atoms with Crippen LogP contribution in [0, 0.1) is 5.92 Å². The predicted octanol–water partition coefficient (Wildman–Crippen LogP) is 5.12. The Morgan fingerprint density at radius 3 is 2.64 bits per heavy atom. The third-order valence-corrected chi connectivity index (χ3v) is 6.83. The minimum absolute atomic E-state index is 0.138. The molecule has 0 spiro atoms. The third-order valence-electron chi connectivity index (χ3n) is 5.60. The molecule has 2 saturated carbocycles. The van der Waals surface area contributed by atoms with Crippen molar-refractivity contribution in [3.8, 4) is 0 Å². The maximum atomic E-state index is 12.5. The zero-order chi connectivity index (χ0) is 17.4. The Morgan fingerprint density at radius 2 is 2.08 bits per heavy atom. The highest BCUT2D eigenvalue weighted by atomic mass is 35.5. The first kappa shape index (κ1) is 17.1. The molecule has 0 radical (unpaired) electrons. The highest BCUT2D eigenvalue weighted by Gasteiger charge is 2.30. The van der Waals surface area contributed by atoms with Crippen molar-refractivity contribution < 1.29 is 4.79 Å². The van der Waals surface area contributed by atoms with Crippen molar-refractivity contribution in [2.24, 2.45) is 13.0 Å². The van der Waals surface area contributed by atoms with Gasteiger partial charge in [-0.05, 0) is 49.7 Å². The predicted molar refractivity (Wildman–Crippen MR) is 103 cm³/mol. The lowest BCUT2D eigenvalue weighted by Gasteiger charge is -2.27. The summed E-state index contributed by atoms with van der Waals surface area (Å²) in [4.78, 5) is 13.7. The molecule has 0 atom stereocenters. The van der Waals surface area contributed by atoms with Crippen LogP contribution in [0.15, 0.2) is 12.1 Å². The van der Waals surface area contributed by atoms with E-state index in [0.717, 1.165) is 22.3 Å². The molecule has 4 rings (SSSR count). The molecule has 4 nitrogen and oxygen atoms in total. The number of halogens is 1. The van der Waals surface area contributed by atoms with Crippen molar-refractivity contribution in [2.75, 3.05) is 5.32 Å². The highest BCUT2D eigenvalue weighted by molar-refractivity contribution is 7.16. The Morgan fingerprint density at radius 1 is 1.32 bits per heavy atom. The zero-order valence-electron chi connectivity index (χ0n) is 14.6. The molecule has 134 valence electrons. The van der Waals surface area contributed by atoms with Crippen molar-refractivity contribution in [3.05, 3.63) is 32.6 Å². The molecule has 2 aromatic heterocycles. The van der Waals surface area contributed by atoms with Gasteiger partial charge in [-0.1, -0.05) is 24.4 Å². The van der Waals surface area contributed by atoms with Gasteiger partial charge >= 0.3 is 0 Å². The van der Waals surface area contributed by atoms with Crippen LogP contribution in [0.5, 0.6) is 0 Å². The smallest absolute Gasteiger partial charge is 0.225 e. The van der Waals surface area contributed by atoms with Gasteiger partial charge in [0.1, 0.15) is 5.82 Å². The molecule has 1 N–H and O–H groups in total. The molecule has 1 amide bonds. The molecule has 2 aromatic rings. The van der Waals surface area contributed by atoms with Gasteiger partial charge < -0.3 is 5.32 Å². The van der Waals surface area contributed by atoms with Crippen molar-refractivity contribution in [1.29, 1.82) is 0 Å². The molecule has 2 aliphatic carbocycles. The number of aryl methyl sites for hydroxylation is 1. The Bertz CT molecular complexity index is 774. The number of hydrogen-bond donors (Lipinski definition) is 1. The molecule has 0 saturated heterocycles. The maximum Gasteiger partial charge on any atom is 0.225 e. The lowest BCUT2D eigenvalue weighted by Crippen LogP contribution is -2.23. The summed E-state index contributed by atoms with van der Waals surface area (Å²) in [5.74, 6) is 2.15. The largest absolute Gasteiger partial charge is 0.311 e. The Labute approximate surface area is 157 Å². The minimum Gasteiger partial charge on any atom is -0.311 e. The van der Waals surface area contributed by atoms with Crippen molar-refractivity contribution in [2.45, 2.75) is 57.3 Å². The fourth-order valence-electron chi connectivity index (χ4n) is 3.75.